The lowest BCUT2D eigenvalue weighted by Crippen LogP contribution is -2.23. The summed E-state index contributed by atoms with van der Waals surface area (Å²) < 4.78 is 5.09. The molecule has 0 aliphatic heterocycles. The van der Waals surface area contributed by atoms with Gasteiger partial charge in [0.05, 0.1) is 12.7 Å². The van der Waals surface area contributed by atoms with Crippen molar-refractivity contribution in [3.8, 4) is 0 Å². The number of hydrogen-bond acceptors (Lipinski definition) is 5. The maximum Gasteiger partial charge on any atom is 0.341 e. The molecule has 0 atom stereocenters. The number of ether oxygens (including phenoxy) is 1. The lowest BCUT2D eigenvalue weighted by Gasteiger charge is -2.13. The fourth-order valence-electron chi connectivity index (χ4n) is 4.21. The minimum atomic E-state index is -0.342. The number of benzene rings is 2. The Balaban J connectivity index is 1.44. The Morgan fingerprint density at radius 3 is 2.51 bits per heavy atom. The van der Waals surface area contributed by atoms with Crippen molar-refractivity contribution < 1.29 is 14.3 Å². The third kappa shape index (κ3) is 6.46. The maximum absolute atomic E-state index is 12.6. The number of carbonyl (C=O) groups excluding carboxylic acids is 2. The van der Waals surface area contributed by atoms with E-state index in [0.29, 0.717) is 33.5 Å². The number of amides is 1. The first-order valence-corrected chi connectivity index (χ1v) is 13.0. The number of anilines is 2. The molecule has 1 aromatic heterocycles. The molecule has 1 amide bonds. The molecular formula is C27H29N3O3S2. The average Bonchev–Trinajstić information content (AvgIpc) is 3.18. The first kappa shape index (κ1) is 24.9. The molecule has 0 bridgehead atoms. The zero-order valence-corrected chi connectivity index (χ0v) is 21.3. The SMILES string of the molecule is COC(=O)c1c(NC(=S)Nc2cccc(C(=O)NCc3ccccc3)c2)sc2c1CCCCCC2. The van der Waals surface area contributed by atoms with Gasteiger partial charge in [0.2, 0.25) is 0 Å². The molecule has 3 aromatic rings. The van der Waals surface area contributed by atoms with Gasteiger partial charge in [-0.15, -0.1) is 11.3 Å². The smallest absolute Gasteiger partial charge is 0.341 e. The van der Waals surface area contributed by atoms with Crippen molar-refractivity contribution in [2.75, 3.05) is 17.7 Å². The highest BCUT2D eigenvalue weighted by molar-refractivity contribution is 7.80. The van der Waals surface area contributed by atoms with Gasteiger partial charge in [-0.25, -0.2) is 4.79 Å². The van der Waals surface area contributed by atoms with E-state index in [4.69, 9.17) is 17.0 Å². The summed E-state index contributed by atoms with van der Waals surface area (Å²) in [4.78, 5) is 26.5. The van der Waals surface area contributed by atoms with Gasteiger partial charge in [0.25, 0.3) is 5.91 Å². The number of methoxy groups -OCH3 is 1. The molecule has 1 aliphatic carbocycles. The summed E-state index contributed by atoms with van der Waals surface area (Å²) in [7, 11) is 1.41. The molecule has 0 radical (unpaired) electrons. The number of thiocarbonyl (C=S) groups is 1. The highest BCUT2D eigenvalue weighted by Gasteiger charge is 2.25. The molecule has 0 saturated heterocycles. The molecular weight excluding hydrogens is 478 g/mol. The molecule has 0 saturated carbocycles. The van der Waals surface area contributed by atoms with Crippen LogP contribution in [0.15, 0.2) is 54.6 Å². The van der Waals surface area contributed by atoms with E-state index in [2.05, 4.69) is 16.0 Å². The van der Waals surface area contributed by atoms with Gasteiger partial charge in [-0.1, -0.05) is 49.2 Å². The van der Waals surface area contributed by atoms with E-state index < -0.39 is 0 Å². The van der Waals surface area contributed by atoms with E-state index in [-0.39, 0.29) is 11.9 Å². The predicted octanol–water partition coefficient (Wildman–Crippen LogP) is 5.93. The van der Waals surface area contributed by atoms with Gasteiger partial charge >= 0.3 is 5.97 Å². The Labute approximate surface area is 215 Å². The Morgan fingerprint density at radius 1 is 0.971 bits per heavy atom. The predicted molar refractivity (Wildman–Crippen MR) is 145 cm³/mol. The van der Waals surface area contributed by atoms with Gasteiger partial charge in [-0.2, -0.15) is 0 Å². The first-order valence-electron chi connectivity index (χ1n) is 11.8. The second-order valence-electron chi connectivity index (χ2n) is 8.44. The fourth-order valence-corrected chi connectivity index (χ4v) is 5.78. The Morgan fingerprint density at radius 2 is 1.74 bits per heavy atom. The van der Waals surface area contributed by atoms with Crippen molar-refractivity contribution in [3.05, 3.63) is 81.7 Å². The summed E-state index contributed by atoms with van der Waals surface area (Å²) in [6, 6.07) is 16.9. The van der Waals surface area contributed by atoms with Gasteiger partial charge in [-0.05, 0) is 67.2 Å². The van der Waals surface area contributed by atoms with Crippen LogP contribution in [0.4, 0.5) is 10.7 Å². The van der Waals surface area contributed by atoms with E-state index in [1.807, 2.05) is 36.4 Å². The monoisotopic (exact) mass is 507 g/mol. The minimum absolute atomic E-state index is 0.164. The minimum Gasteiger partial charge on any atom is -0.465 e. The third-order valence-corrected chi connectivity index (χ3v) is 7.38. The largest absolute Gasteiger partial charge is 0.465 e. The fraction of sp³-hybridized carbons (Fsp3) is 0.296. The maximum atomic E-state index is 12.6. The van der Waals surface area contributed by atoms with E-state index in [9.17, 15) is 9.59 Å². The molecule has 2 aromatic carbocycles. The molecule has 0 unspecified atom stereocenters. The van der Waals surface area contributed by atoms with Crippen LogP contribution in [-0.2, 0) is 24.1 Å². The van der Waals surface area contributed by atoms with Gasteiger partial charge in [0.15, 0.2) is 5.11 Å². The van der Waals surface area contributed by atoms with E-state index in [1.54, 1.807) is 29.5 Å². The van der Waals surface area contributed by atoms with Gasteiger partial charge < -0.3 is 20.7 Å². The second-order valence-corrected chi connectivity index (χ2v) is 9.96. The van der Waals surface area contributed by atoms with Crippen LogP contribution in [0.2, 0.25) is 0 Å². The van der Waals surface area contributed by atoms with Crippen LogP contribution < -0.4 is 16.0 Å². The van der Waals surface area contributed by atoms with E-state index in [0.717, 1.165) is 36.8 Å². The molecule has 1 aliphatic rings. The zero-order chi connectivity index (χ0) is 24.6. The number of aryl methyl sites for hydroxylation is 1. The summed E-state index contributed by atoms with van der Waals surface area (Å²) >= 11 is 7.13. The van der Waals surface area contributed by atoms with Crippen LogP contribution in [0.1, 0.15) is 62.4 Å². The molecule has 6 nitrogen and oxygen atoms in total. The molecule has 35 heavy (non-hydrogen) atoms. The van der Waals surface area contributed by atoms with Crippen molar-refractivity contribution in [3.63, 3.8) is 0 Å². The molecule has 8 heteroatoms. The molecule has 3 N–H and O–H groups in total. The summed E-state index contributed by atoms with van der Waals surface area (Å²) in [6.45, 7) is 0.455. The topological polar surface area (TPSA) is 79.5 Å². The average molecular weight is 508 g/mol. The van der Waals surface area contributed by atoms with Crippen LogP contribution in [0.3, 0.4) is 0 Å². The lowest BCUT2D eigenvalue weighted by atomic mass is 9.96. The van der Waals surface area contributed by atoms with Crippen molar-refractivity contribution in [1.29, 1.82) is 0 Å². The number of rotatable bonds is 6. The summed E-state index contributed by atoms with van der Waals surface area (Å²) in [5.41, 5.74) is 3.93. The zero-order valence-electron chi connectivity index (χ0n) is 19.7. The van der Waals surface area contributed by atoms with Crippen molar-refractivity contribution in [2.45, 2.75) is 45.1 Å². The normalized spacial score (nSPS) is 13.1. The first-order chi connectivity index (χ1) is 17.0. The molecule has 182 valence electrons. The third-order valence-electron chi connectivity index (χ3n) is 5.97. The Hall–Kier alpha value is -3.23. The standard InChI is InChI=1S/C27H29N3O3S2/c1-33-26(32)23-21-14-7-2-3-8-15-22(21)35-25(23)30-27(34)29-20-13-9-12-19(16-20)24(31)28-17-18-10-5-4-6-11-18/h4-6,9-13,16H,2-3,7-8,14-15,17H2,1H3,(H,28,31)(H2,29,30,34). The van der Waals surface area contributed by atoms with Crippen LogP contribution in [0.25, 0.3) is 0 Å². The highest BCUT2D eigenvalue weighted by Crippen LogP contribution is 2.37. The van der Waals surface area contributed by atoms with Gasteiger partial charge in [0.1, 0.15) is 5.00 Å². The molecule has 0 spiro atoms. The van der Waals surface area contributed by atoms with Crippen LogP contribution in [-0.4, -0.2) is 24.1 Å². The second kappa shape index (κ2) is 12.0. The lowest BCUT2D eigenvalue weighted by molar-refractivity contribution is 0.0601. The molecule has 0 fully saturated rings. The van der Waals surface area contributed by atoms with Crippen LogP contribution in [0.5, 0.6) is 0 Å². The van der Waals surface area contributed by atoms with Crippen LogP contribution >= 0.6 is 23.6 Å². The van der Waals surface area contributed by atoms with Crippen LogP contribution in [0, 0.1) is 0 Å². The highest BCUT2D eigenvalue weighted by atomic mass is 32.1. The number of nitrogens with one attached hydrogen (secondary N) is 3. The number of thiophene rings is 1. The van der Waals surface area contributed by atoms with Gasteiger partial charge in [0, 0.05) is 22.7 Å². The Kier molecular flexibility index (Phi) is 8.50. The van der Waals surface area contributed by atoms with Crippen molar-refractivity contribution in [1.82, 2.24) is 5.32 Å². The van der Waals surface area contributed by atoms with Crippen molar-refractivity contribution in [2.24, 2.45) is 0 Å². The number of carbonyl (C=O) groups is 2. The molecule has 4 rings (SSSR count). The van der Waals surface area contributed by atoms with E-state index >= 15 is 0 Å². The quantitative estimate of drug-likeness (QED) is 0.283. The number of esters is 1. The molecule has 1 heterocycles. The van der Waals surface area contributed by atoms with E-state index in [1.165, 1.54) is 24.8 Å². The Bertz CT molecular complexity index is 1210. The number of fused-ring (bicyclic) bond motifs is 1. The summed E-state index contributed by atoms with van der Waals surface area (Å²) in [5, 5.41) is 10.3. The summed E-state index contributed by atoms with van der Waals surface area (Å²) in [6.07, 6.45) is 6.41. The summed E-state index contributed by atoms with van der Waals surface area (Å²) in [5.74, 6) is -0.507. The van der Waals surface area contributed by atoms with Gasteiger partial charge in [-0.3, -0.25) is 4.79 Å². The van der Waals surface area contributed by atoms with Crippen molar-refractivity contribution >= 4 is 51.2 Å². The number of hydrogen-bond donors (Lipinski definition) is 3.